The van der Waals surface area contributed by atoms with Crippen molar-refractivity contribution in [3.8, 4) is 5.75 Å². The van der Waals surface area contributed by atoms with Crippen LogP contribution in [0.15, 0.2) is 23.1 Å². The fourth-order valence-corrected chi connectivity index (χ4v) is 2.87. The smallest absolute Gasteiger partial charge is 0.132 e. The molecule has 3 heteroatoms. The molecule has 1 aromatic rings. The first-order chi connectivity index (χ1) is 6.24. The van der Waals surface area contributed by atoms with Gasteiger partial charge >= 0.3 is 0 Å². The number of methoxy groups -OCH3 is 1. The van der Waals surface area contributed by atoms with Crippen LogP contribution in [0.4, 0.5) is 0 Å². The maximum Gasteiger partial charge on any atom is 0.132 e. The number of rotatable bonds is 1. The average Bonchev–Trinajstić information content (AvgIpc) is 2.43. The Morgan fingerprint density at radius 2 is 2.23 bits per heavy atom. The summed E-state index contributed by atoms with van der Waals surface area (Å²) >= 11 is 1.80. The fourth-order valence-electron chi connectivity index (χ4n) is 1.59. The maximum atomic E-state index is 6.04. The van der Waals surface area contributed by atoms with Crippen molar-refractivity contribution < 1.29 is 4.74 Å². The maximum absolute atomic E-state index is 6.04. The molecule has 1 aliphatic rings. The monoisotopic (exact) mass is 195 g/mol. The van der Waals surface area contributed by atoms with Gasteiger partial charge in [0.05, 0.1) is 12.0 Å². The Morgan fingerprint density at radius 3 is 2.92 bits per heavy atom. The van der Waals surface area contributed by atoms with Crippen molar-refractivity contribution in [2.45, 2.75) is 23.1 Å². The van der Waals surface area contributed by atoms with Crippen LogP contribution in [0.1, 0.15) is 18.5 Å². The van der Waals surface area contributed by atoms with E-state index >= 15 is 0 Å². The zero-order valence-corrected chi connectivity index (χ0v) is 8.60. The second-order valence-electron chi connectivity index (χ2n) is 3.23. The molecule has 2 rings (SSSR count). The summed E-state index contributed by atoms with van der Waals surface area (Å²) in [4.78, 5) is 1.21. The summed E-state index contributed by atoms with van der Waals surface area (Å²) in [6.45, 7) is 2.15. The zero-order valence-electron chi connectivity index (χ0n) is 7.78. The first kappa shape index (κ1) is 8.91. The number of ether oxygens (including phenoxy) is 1. The summed E-state index contributed by atoms with van der Waals surface area (Å²) in [6.07, 6.45) is 0. The summed E-state index contributed by atoms with van der Waals surface area (Å²) in [7, 11) is 1.70. The van der Waals surface area contributed by atoms with Crippen LogP contribution >= 0.6 is 11.8 Å². The van der Waals surface area contributed by atoms with Gasteiger partial charge in [0.1, 0.15) is 5.75 Å². The third-order valence-electron chi connectivity index (χ3n) is 2.40. The van der Waals surface area contributed by atoms with Crippen molar-refractivity contribution in [2.24, 2.45) is 5.73 Å². The molecule has 1 aromatic carbocycles. The quantitative estimate of drug-likeness (QED) is 0.746. The molecule has 2 N–H and O–H groups in total. The minimum Gasteiger partial charge on any atom is -0.496 e. The van der Waals surface area contributed by atoms with E-state index in [-0.39, 0.29) is 6.04 Å². The highest BCUT2D eigenvalue weighted by Gasteiger charge is 2.29. The van der Waals surface area contributed by atoms with Gasteiger partial charge < -0.3 is 10.5 Å². The van der Waals surface area contributed by atoms with Gasteiger partial charge in [-0.2, -0.15) is 0 Å². The molecule has 0 fully saturated rings. The largest absolute Gasteiger partial charge is 0.496 e. The van der Waals surface area contributed by atoms with Crippen molar-refractivity contribution >= 4 is 11.8 Å². The molecule has 2 nitrogen and oxygen atoms in total. The SMILES string of the molecule is COc1cccc2c1SC(C)C2N. The molecule has 70 valence electrons. The van der Waals surface area contributed by atoms with E-state index < -0.39 is 0 Å². The van der Waals surface area contributed by atoms with E-state index in [4.69, 9.17) is 10.5 Å². The Labute approximate surface area is 82.5 Å². The first-order valence-corrected chi connectivity index (χ1v) is 5.21. The van der Waals surface area contributed by atoms with Crippen LogP contribution in [-0.4, -0.2) is 12.4 Å². The molecule has 1 aliphatic heterocycles. The molecule has 1 heterocycles. The van der Waals surface area contributed by atoms with Crippen LogP contribution in [0.5, 0.6) is 5.75 Å². The second-order valence-corrected chi connectivity index (χ2v) is 4.61. The average molecular weight is 195 g/mol. The normalized spacial score (nSPS) is 25.8. The first-order valence-electron chi connectivity index (χ1n) is 4.33. The Hall–Kier alpha value is -0.670. The second kappa shape index (κ2) is 3.24. The van der Waals surface area contributed by atoms with Gasteiger partial charge in [0.25, 0.3) is 0 Å². The summed E-state index contributed by atoms with van der Waals surface area (Å²) in [5.41, 5.74) is 7.26. The van der Waals surface area contributed by atoms with Gasteiger partial charge in [0.2, 0.25) is 0 Å². The third kappa shape index (κ3) is 1.32. The molecule has 0 bridgehead atoms. The molecule has 13 heavy (non-hydrogen) atoms. The predicted molar refractivity (Wildman–Crippen MR) is 55.2 cm³/mol. The predicted octanol–water partition coefficient (Wildman–Crippen LogP) is 2.19. The zero-order chi connectivity index (χ0) is 9.42. The lowest BCUT2D eigenvalue weighted by molar-refractivity contribution is 0.404. The van der Waals surface area contributed by atoms with E-state index in [1.165, 1.54) is 10.5 Å². The van der Waals surface area contributed by atoms with E-state index in [0.717, 1.165) is 5.75 Å². The van der Waals surface area contributed by atoms with Gasteiger partial charge in [0, 0.05) is 11.3 Å². The van der Waals surface area contributed by atoms with Crippen LogP contribution in [-0.2, 0) is 0 Å². The molecule has 0 aliphatic carbocycles. The number of benzene rings is 1. The Morgan fingerprint density at radius 1 is 1.46 bits per heavy atom. The van der Waals surface area contributed by atoms with Crippen LogP contribution in [0.2, 0.25) is 0 Å². The molecule has 0 saturated heterocycles. The van der Waals surface area contributed by atoms with Crippen molar-refractivity contribution in [1.29, 1.82) is 0 Å². The number of nitrogens with two attached hydrogens (primary N) is 1. The molecule has 2 atom stereocenters. The molecular formula is C10H13NOS. The summed E-state index contributed by atoms with van der Waals surface area (Å²) < 4.78 is 5.28. The summed E-state index contributed by atoms with van der Waals surface area (Å²) in [6, 6.07) is 6.21. The Kier molecular flexibility index (Phi) is 2.22. The molecular weight excluding hydrogens is 182 g/mol. The molecule has 0 amide bonds. The number of thioether (sulfide) groups is 1. The van der Waals surface area contributed by atoms with E-state index in [1.807, 2.05) is 12.1 Å². The third-order valence-corrected chi connectivity index (χ3v) is 3.74. The van der Waals surface area contributed by atoms with Gasteiger partial charge in [-0.1, -0.05) is 19.1 Å². The number of hydrogen-bond acceptors (Lipinski definition) is 3. The van der Waals surface area contributed by atoms with Crippen molar-refractivity contribution in [3.05, 3.63) is 23.8 Å². The number of hydrogen-bond donors (Lipinski definition) is 1. The van der Waals surface area contributed by atoms with Crippen molar-refractivity contribution in [1.82, 2.24) is 0 Å². The number of fused-ring (bicyclic) bond motifs is 1. The highest BCUT2D eigenvalue weighted by molar-refractivity contribution is 8.00. The van der Waals surface area contributed by atoms with Crippen LogP contribution in [0.3, 0.4) is 0 Å². The molecule has 0 radical (unpaired) electrons. The van der Waals surface area contributed by atoms with Crippen molar-refractivity contribution in [2.75, 3.05) is 7.11 Å². The van der Waals surface area contributed by atoms with E-state index in [1.54, 1.807) is 18.9 Å². The topological polar surface area (TPSA) is 35.2 Å². The van der Waals surface area contributed by atoms with Crippen LogP contribution in [0.25, 0.3) is 0 Å². The van der Waals surface area contributed by atoms with Crippen LogP contribution in [0, 0.1) is 0 Å². The molecule has 0 aromatic heterocycles. The highest BCUT2D eigenvalue weighted by Crippen LogP contribution is 2.47. The summed E-state index contributed by atoms with van der Waals surface area (Å²) in [5.74, 6) is 0.947. The highest BCUT2D eigenvalue weighted by atomic mass is 32.2. The van der Waals surface area contributed by atoms with E-state index in [9.17, 15) is 0 Å². The van der Waals surface area contributed by atoms with Crippen LogP contribution < -0.4 is 10.5 Å². The van der Waals surface area contributed by atoms with Gasteiger partial charge in [0.15, 0.2) is 0 Å². The lowest BCUT2D eigenvalue weighted by atomic mass is 10.1. The van der Waals surface area contributed by atoms with E-state index in [0.29, 0.717) is 5.25 Å². The summed E-state index contributed by atoms with van der Waals surface area (Å²) in [5, 5.41) is 0.450. The molecule has 0 saturated carbocycles. The Balaban J connectivity index is 2.49. The van der Waals surface area contributed by atoms with Gasteiger partial charge in [-0.05, 0) is 11.6 Å². The lowest BCUT2D eigenvalue weighted by Gasteiger charge is -2.08. The van der Waals surface area contributed by atoms with Crippen molar-refractivity contribution in [3.63, 3.8) is 0 Å². The van der Waals surface area contributed by atoms with E-state index in [2.05, 4.69) is 13.0 Å². The minimum absolute atomic E-state index is 0.148. The van der Waals surface area contributed by atoms with Gasteiger partial charge in [-0.3, -0.25) is 0 Å². The molecule has 2 unspecified atom stereocenters. The van der Waals surface area contributed by atoms with Gasteiger partial charge in [-0.25, -0.2) is 0 Å². The lowest BCUT2D eigenvalue weighted by Crippen LogP contribution is -2.15. The Bertz CT molecular complexity index is 327. The van der Waals surface area contributed by atoms with Gasteiger partial charge in [-0.15, -0.1) is 11.8 Å². The molecule has 0 spiro atoms. The fraction of sp³-hybridized carbons (Fsp3) is 0.400. The minimum atomic E-state index is 0.148. The standard InChI is InChI=1S/C10H13NOS/c1-6-9(11)7-4-3-5-8(12-2)10(7)13-6/h3-6,9H,11H2,1-2H3.